The Morgan fingerprint density at radius 1 is 1.53 bits per heavy atom. The Balaban J connectivity index is 2.18. The summed E-state index contributed by atoms with van der Waals surface area (Å²) in [6.45, 7) is 0.283. The smallest absolute Gasteiger partial charge is 0.465 e. The first-order chi connectivity index (χ1) is 9.10. The molecule has 2 rings (SSSR count). The van der Waals surface area contributed by atoms with Gasteiger partial charge in [-0.15, -0.1) is 0 Å². The Kier molecular flexibility index (Phi) is 3.51. The number of hydrogen-bond donors (Lipinski definition) is 0. The van der Waals surface area contributed by atoms with E-state index in [1.165, 1.54) is 18.1 Å². The predicted molar refractivity (Wildman–Crippen MR) is 63.6 cm³/mol. The zero-order valence-electron chi connectivity index (χ0n) is 10.0. The minimum atomic E-state index is -0.665. The van der Waals surface area contributed by atoms with Gasteiger partial charge in [-0.3, -0.25) is 0 Å². The summed E-state index contributed by atoms with van der Waals surface area (Å²) in [5.74, 6) is -0.893. The Morgan fingerprint density at radius 2 is 2.32 bits per heavy atom. The summed E-state index contributed by atoms with van der Waals surface area (Å²) in [5.41, 5.74) is 1.18. The van der Waals surface area contributed by atoms with Gasteiger partial charge in [-0.25, -0.2) is 4.79 Å². The molecule has 1 aromatic carbocycles. The van der Waals surface area contributed by atoms with Crippen LogP contribution in [0.25, 0.3) is 0 Å². The molecule has 2 aromatic rings. The van der Waals surface area contributed by atoms with Crippen LogP contribution in [0.1, 0.15) is 15.9 Å². The van der Waals surface area contributed by atoms with E-state index in [-0.39, 0.29) is 6.54 Å². The first-order valence-corrected chi connectivity index (χ1v) is 5.31. The molecule has 0 aliphatic heterocycles. The molecular weight excluding hydrogens is 252 g/mol. The lowest BCUT2D eigenvalue weighted by atomic mass is 10.1. The standard InChI is InChI=1S/C11H10N4O4/c1-19-10(16)9-4-2-3-8(5-9)6-14-7-12-11(13-14)15(17)18/h2-5,7H,6H2,1H3. The topological polar surface area (TPSA) is 100 Å². The monoisotopic (exact) mass is 262 g/mol. The van der Waals surface area contributed by atoms with Gasteiger partial charge in [0.15, 0.2) is 0 Å². The van der Waals surface area contributed by atoms with Gasteiger partial charge in [0.2, 0.25) is 6.33 Å². The maximum Gasteiger partial charge on any atom is 0.490 e. The molecule has 0 N–H and O–H groups in total. The van der Waals surface area contributed by atoms with Gasteiger partial charge in [-0.05, 0) is 22.6 Å². The minimum absolute atomic E-state index is 0.283. The van der Waals surface area contributed by atoms with E-state index in [4.69, 9.17) is 0 Å². The molecule has 0 bridgehead atoms. The number of nitro groups is 1. The lowest BCUT2D eigenvalue weighted by Gasteiger charge is -2.02. The number of aromatic nitrogens is 3. The SMILES string of the molecule is COC(=O)c1cccc(Cn2cnc([N+](=O)[O-])n2)c1. The lowest BCUT2D eigenvalue weighted by molar-refractivity contribution is -0.394. The van der Waals surface area contributed by atoms with Crippen molar-refractivity contribution in [3.63, 3.8) is 0 Å². The maximum absolute atomic E-state index is 11.4. The third kappa shape index (κ3) is 2.92. The first kappa shape index (κ1) is 12.7. The van der Waals surface area contributed by atoms with Crippen LogP contribution in [-0.2, 0) is 11.3 Å². The van der Waals surface area contributed by atoms with Gasteiger partial charge in [0, 0.05) is 5.10 Å². The van der Waals surface area contributed by atoms with Gasteiger partial charge in [0.1, 0.15) is 0 Å². The summed E-state index contributed by atoms with van der Waals surface area (Å²) in [7, 11) is 1.30. The Hall–Kier alpha value is -2.77. The van der Waals surface area contributed by atoms with Gasteiger partial charge in [-0.2, -0.15) is 4.68 Å². The largest absolute Gasteiger partial charge is 0.490 e. The van der Waals surface area contributed by atoms with Crippen molar-refractivity contribution in [2.24, 2.45) is 0 Å². The molecule has 19 heavy (non-hydrogen) atoms. The van der Waals surface area contributed by atoms with Crippen molar-refractivity contribution in [2.45, 2.75) is 6.54 Å². The zero-order valence-corrected chi connectivity index (χ0v) is 10.0. The second kappa shape index (κ2) is 5.25. The number of carbonyl (C=O) groups excluding carboxylic acids is 1. The highest BCUT2D eigenvalue weighted by Crippen LogP contribution is 2.09. The van der Waals surface area contributed by atoms with Crippen molar-refractivity contribution < 1.29 is 14.5 Å². The second-order valence-corrected chi connectivity index (χ2v) is 3.69. The van der Waals surface area contributed by atoms with E-state index in [1.807, 2.05) is 0 Å². The van der Waals surface area contributed by atoms with Crippen molar-refractivity contribution in [2.75, 3.05) is 7.11 Å². The number of nitrogens with zero attached hydrogens (tertiary/aromatic N) is 4. The van der Waals surface area contributed by atoms with Crippen LogP contribution in [0.3, 0.4) is 0 Å². The van der Waals surface area contributed by atoms with Crippen molar-refractivity contribution in [3.05, 3.63) is 51.8 Å². The van der Waals surface area contributed by atoms with Crippen molar-refractivity contribution >= 4 is 11.9 Å². The van der Waals surface area contributed by atoms with Crippen LogP contribution in [0.15, 0.2) is 30.6 Å². The van der Waals surface area contributed by atoms with Crippen LogP contribution in [0.2, 0.25) is 0 Å². The predicted octanol–water partition coefficient (Wildman–Crippen LogP) is 1.02. The molecule has 8 heteroatoms. The normalized spacial score (nSPS) is 10.2. The quantitative estimate of drug-likeness (QED) is 0.463. The number of rotatable bonds is 4. The van der Waals surface area contributed by atoms with Crippen LogP contribution in [0, 0.1) is 10.1 Å². The zero-order chi connectivity index (χ0) is 13.8. The van der Waals surface area contributed by atoms with E-state index in [0.29, 0.717) is 5.56 Å². The number of benzene rings is 1. The molecule has 98 valence electrons. The Bertz CT molecular complexity index is 623. The molecule has 0 atom stereocenters. The number of carbonyl (C=O) groups is 1. The highest BCUT2D eigenvalue weighted by Gasteiger charge is 2.13. The van der Waals surface area contributed by atoms with Gasteiger partial charge in [0.05, 0.1) is 19.2 Å². The van der Waals surface area contributed by atoms with Crippen LogP contribution < -0.4 is 0 Å². The van der Waals surface area contributed by atoms with Gasteiger partial charge < -0.3 is 14.9 Å². The van der Waals surface area contributed by atoms with Crippen LogP contribution >= 0.6 is 0 Å². The Morgan fingerprint density at radius 3 is 2.95 bits per heavy atom. The molecule has 0 spiro atoms. The molecule has 1 aromatic heterocycles. The first-order valence-electron chi connectivity index (χ1n) is 5.31. The van der Waals surface area contributed by atoms with Crippen molar-refractivity contribution in [1.29, 1.82) is 0 Å². The van der Waals surface area contributed by atoms with E-state index < -0.39 is 16.8 Å². The molecule has 0 saturated heterocycles. The molecule has 0 unspecified atom stereocenters. The van der Waals surface area contributed by atoms with Crippen molar-refractivity contribution in [1.82, 2.24) is 14.8 Å². The van der Waals surface area contributed by atoms with Gasteiger partial charge in [-0.1, -0.05) is 17.1 Å². The number of ether oxygens (including phenoxy) is 1. The molecule has 0 aliphatic carbocycles. The molecule has 8 nitrogen and oxygen atoms in total. The molecule has 0 saturated carbocycles. The molecule has 1 heterocycles. The number of esters is 1. The van der Waals surface area contributed by atoms with Crippen LogP contribution in [-0.4, -0.2) is 32.8 Å². The highest BCUT2D eigenvalue weighted by molar-refractivity contribution is 5.89. The summed E-state index contributed by atoms with van der Waals surface area (Å²) >= 11 is 0. The fraction of sp³-hybridized carbons (Fsp3) is 0.182. The highest BCUT2D eigenvalue weighted by atomic mass is 16.6. The lowest BCUT2D eigenvalue weighted by Crippen LogP contribution is -2.05. The van der Waals surface area contributed by atoms with Crippen molar-refractivity contribution in [3.8, 4) is 0 Å². The van der Waals surface area contributed by atoms with Gasteiger partial charge in [0.25, 0.3) is 0 Å². The summed E-state index contributed by atoms with van der Waals surface area (Å²) in [5, 5.41) is 14.1. The van der Waals surface area contributed by atoms with E-state index in [2.05, 4.69) is 14.8 Å². The average molecular weight is 262 g/mol. The summed E-state index contributed by atoms with van der Waals surface area (Å²) in [4.78, 5) is 24.7. The second-order valence-electron chi connectivity index (χ2n) is 3.69. The molecule has 0 amide bonds. The third-order valence-electron chi connectivity index (χ3n) is 2.38. The van der Waals surface area contributed by atoms with Crippen LogP contribution in [0.5, 0.6) is 0 Å². The minimum Gasteiger partial charge on any atom is -0.465 e. The summed E-state index contributed by atoms with van der Waals surface area (Å²) < 4.78 is 5.94. The number of hydrogen-bond acceptors (Lipinski definition) is 6. The summed E-state index contributed by atoms with van der Waals surface area (Å²) in [6.07, 6.45) is 1.27. The molecular formula is C11H10N4O4. The molecule has 0 aliphatic rings. The third-order valence-corrected chi connectivity index (χ3v) is 2.38. The van der Waals surface area contributed by atoms with E-state index in [1.54, 1.807) is 24.3 Å². The van der Waals surface area contributed by atoms with E-state index >= 15 is 0 Å². The number of methoxy groups -OCH3 is 1. The Labute approximate surface area is 107 Å². The van der Waals surface area contributed by atoms with E-state index in [0.717, 1.165) is 5.56 Å². The molecule has 0 fully saturated rings. The fourth-order valence-corrected chi connectivity index (χ4v) is 1.55. The van der Waals surface area contributed by atoms with Crippen LogP contribution in [0.4, 0.5) is 5.95 Å². The van der Waals surface area contributed by atoms with Gasteiger partial charge >= 0.3 is 11.9 Å². The molecule has 0 radical (unpaired) electrons. The summed E-state index contributed by atoms with van der Waals surface area (Å²) in [6, 6.07) is 6.74. The van der Waals surface area contributed by atoms with E-state index in [9.17, 15) is 14.9 Å². The fourth-order valence-electron chi connectivity index (χ4n) is 1.55. The average Bonchev–Trinajstić information content (AvgIpc) is 2.87. The maximum atomic E-state index is 11.4.